The molecular weight excluding hydrogens is 304 g/mol. The van der Waals surface area contributed by atoms with Crippen molar-refractivity contribution >= 4 is 15.9 Å². The Morgan fingerprint density at radius 1 is 1.42 bits per heavy atom. The molecule has 0 aliphatic heterocycles. The van der Waals surface area contributed by atoms with Gasteiger partial charge in [0, 0.05) is 36.5 Å². The molecule has 5 heteroatoms. The van der Waals surface area contributed by atoms with Crippen LogP contribution in [0.25, 0.3) is 0 Å². The first kappa shape index (κ1) is 14.2. The molecule has 0 bridgehead atoms. The fourth-order valence-corrected chi connectivity index (χ4v) is 2.72. The molecule has 2 aromatic rings. The van der Waals surface area contributed by atoms with E-state index in [1.54, 1.807) is 0 Å². The molecule has 0 saturated heterocycles. The topological polar surface area (TPSA) is 47.1 Å². The summed E-state index contributed by atoms with van der Waals surface area (Å²) in [5.41, 5.74) is 7.16. The van der Waals surface area contributed by atoms with Crippen LogP contribution in [-0.4, -0.2) is 28.0 Å². The first-order chi connectivity index (χ1) is 9.13. The second-order valence-electron chi connectivity index (χ2n) is 4.64. The number of hydrogen-bond donors (Lipinski definition) is 1. The third-order valence-electron chi connectivity index (χ3n) is 3.33. The largest absolute Gasteiger partial charge is 0.337 e. The quantitative estimate of drug-likeness (QED) is 0.918. The molecule has 0 fully saturated rings. The van der Waals surface area contributed by atoms with Gasteiger partial charge >= 0.3 is 0 Å². The molecule has 0 spiro atoms. The van der Waals surface area contributed by atoms with Gasteiger partial charge in [-0.25, -0.2) is 4.98 Å². The molecule has 102 valence electrons. The van der Waals surface area contributed by atoms with E-state index in [4.69, 9.17) is 5.73 Å². The Kier molecular flexibility index (Phi) is 4.74. The predicted molar refractivity (Wildman–Crippen MR) is 80.6 cm³/mol. The maximum atomic E-state index is 5.95. The third kappa shape index (κ3) is 3.23. The van der Waals surface area contributed by atoms with E-state index >= 15 is 0 Å². The maximum absolute atomic E-state index is 5.95. The minimum Gasteiger partial charge on any atom is -0.337 e. The summed E-state index contributed by atoms with van der Waals surface area (Å²) < 4.78 is 3.13. The molecule has 0 saturated carbocycles. The summed E-state index contributed by atoms with van der Waals surface area (Å²) in [5, 5.41) is 0. The number of nitrogens with zero attached hydrogens (tertiary/aromatic N) is 3. The fraction of sp³-hybridized carbons (Fsp3) is 0.357. The van der Waals surface area contributed by atoms with Crippen LogP contribution in [0.15, 0.2) is 41.1 Å². The zero-order valence-electron chi connectivity index (χ0n) is 11.3. The molecule has 2 N–H and O–H groups in total. The van der Waals surface area contributed by atoms with E-state index in [-0.39, 0.29) is 6.04 Å². The molecule has 4 nitrogen and oxygen atoms in total. The van der Waals surface area contributed by atoms with Gasteiger partial charge in [-0.2, -0.15) is 0 Å². The summed E-state index contributed by atoms with van der Waals surface area (Å²) in [6, 6.07) is 8.38. The Labute approximate surface area is 122 Å². The summed E-state index contributed by atoms with van der Waals surface area (Å²) in [7, 11) is 4.08. The lowest BCUT2D eigenvalue weighted by Crippen LogP contribution is -2.31. The van der Waals surface area contributed by atoms with Gasteiger partial charge in [-0.05, 0) is 18.7 Å². The van der Waals surface area contributed by atoms with Crippen molar-refractivity contribution in [2.75, 3.05) is 13.6 Å². The zero-order valence-corrected chi connectivity index (χ0v) is 12.8. The Morgan fingerprint density at radius 3 is 2.74 bits per heavy atom. The SMILES string of the molecule is CN(Cc1nccn1C)C(CN)c1ccccc1Br. The summed E-state index contributed by atoms with van der Waals surface area (Å²) in [6.07, 6.45) is 3.78. The lowest BCUT2D eigenvalue weighted by Gasteiger charge is -2.27. The summed E-state index contributed by atoms with van der Waals surface area (Å²) >= 11 is 3.60. The normalized spacial score (nSPS) is 12.9. The van der Waals surface area contributed by atoms with E-state index in [2.05, 4.69) is 38.9 Å². The van der Waals surface area contributed by atoms with E-state index in [0.717, 1.165) is 16.8 Å². The number of benzene rings is 1. The number of likely N-dealkylation sites (N-methyl/N-ethyl adjacent to an activating group) is 1. The van der Waals surface area contributed by atoms with Crippen LogP contribution >= 0.6 is 15.9 Å². The van der Waals surface area contributed by atoms with Gasteiger partial charge in [0.25, 0.3) is 0 Å². The van der Waals surface area contributed by atoms with Gasteiger partial charge in [-0.1, -0.05) is 34.1 Å². The molecule has 1 atom stereocenters. The summed E-state index contributed by atoms with van der Waals surface area (Å²) in [4.78, 5) is 6.58. The van der Waals surface area contributed by atoms with Crippen molar-refractivity contribution in [3.8, 4) is 0 Å². The summed E-state index contributed by atoms with van der Waals surface area (Å²) in [6.45, 7) is 1.34. The molecule has 1 aromatic carbocycles. The second-order valence-corrected chi connectivity index (χ2v) is 5.50. The highest BCUT2D eigenvalue weighted by atomic mass is 79.9. The molecule has 1 heterocycles. The smallest absolute Gasteiger partial charge is 0.122 e. The average molecular weight is 323 g/mol. The first-order valence-corrected chi connectivity index (χ1v) is 7.03. The van der Waals surface area contributed by atoms with E-state index in [0.29, 0.717) is 6.54 Å². The summed E-state index contributed by atoms with van der Waals surface area (Å²) in [5.74, 6) is 1.04. The molecule has 0 aliphatic carbocycles. The molecule has 2 rings (SSSR count). The van der Waals surface area contributed by atoms with Gasteiger partial charge in [0.15, 0.2) is 0 Å². The maximum Gasteiger partial charge on any atom is 0.122 e. The Hall–Kier alpha value is -1.17. The zero-order chi connectivity index (χ0) is 13.8. The number of aryl methyl sites for hydroxylation is 1. The Morgan fingerprint density at radius 2 is 2.16 bits per heavy atom. The van der Waals surface area contributed by atoms with Crippen LogP contribution in [0, 0.1) is 0 Å². The average Bonchev–Trinajstić information content (AvgIpc) is 2.78. The fourth-order valence-electron chi connectivity index (χ4n) is 2.17. The van der Waals surface area contributed by atoms with Gasteiger partial charge in [0.1, 0.15) is 5.82 Å². The van der Waals surface area contributed by atoms with Crippen molar-refractivity contribution in [3.63, 3.8) is 0 Å². The number of hydrogen-bond acceptors (Lipinski definition) is 3. The highest BCUT2D eigenvalue weighted by Crippen LogP contribution is 2.27. The van der Waals surface area contributed by atoms with Crippen LogP contribution in [0.4, 0.5) is 0 Å². The standard InChI is InChI=1S/C14H19BrN4/c1-18-8-7-17-14(18)10-19(2)13(9-16)11-5-3-4-6-12(11)15/h3-8,13H,9-10,16H2,1-2H3. The molecule has 1 unspecified atom stereocenters. The minimum atomic E-state index is 0.173. The van der Waals surface area contributed by atoms with Gasteiger partial charge in [0.2, 0.25) is 0 Å². The molecule has 0 amide bonds. The van der Waals surface area contributed by atoms with Crippen LogP contribution in [0.2, 0.25) is 0 Å². The number of rotatable bonds is 5. The second kappa shape index (κ2) is 6.32. The number of halogens is 1. The predicted octanol–water partition coefficient (Wildman–Crippen LogP) is 2.31. The first-order valence-electron chi connectivity index (χ1n) is 6.24. The van der Waals surface area contributed by atoms with Crippen molar-refractivity contribution in [3.05, 3.63) is 52.5 Å². The lowest BCUT2D eigenvalue weighted by atomic mass is 10.1. The number of aromatic nitrogens is 2. The van der Waals surface area contributed by atoms with Crippen molar-refractivity contribution in [1.29, 1.82) is 0 Å². The van der Waals surface area contributed by atoms with E-state index in [1.165, 1.54) is 5.56 Å². The van der Waals surface area contributed by atoms with Crippen LogP contribution < -0.4 is 5.73 Å². The van der Waals surface area contributed by atoms with E-state index in [9.17, 15) is 0 Å². The van der Waals surface area contributed by atoms with E-state index < -0.39 is 0 Å². The lowest BCUT2D eigenvalue weighted by molar-refractivity contribution is 0.233. The van der Waals surface area contributed by atoms with Crippen molar-refractivity contribution in [2.24, 2.45) is 12.8 Å². The van der Waals surface area contributed by atoms with Crippen molar-refractivity contribution < 1.29 is 0 Å². The monoisotopic (exact) mass is 322 g/mol. The highest BCUT2D eigenvalue weighted by Gasteiger charge is 2.18. The van der Waals surface area contributed by atoms with Gasteiger partial charge in [-0.3, -0.25) is 4.90 Å². The van der Waals surface area contributed by atoms with Crippen LogP contribution in [0.1, 0.15) is 17.4 Å². The highest BCUT2D eigenvalue weighted by molar-refractivity contribution is 9.10. The molecule has 0 aliphatic rings. The Bertz CT molecular complexity index is 538. The molecule has 1 aromatic heterocycles. The van der Waals surface area contributed by atoms with Crippen LogP contribution in [0.5, 0.6) is 0 Å². The minimum absolute atomic E-state index is 0.173. The Balaban J connectivity index is 2.18. The number of nitrogens with two attached hydrogens (primary N) is 1. The van der Waals surface area contributed by atoms with E-state index in [1.807, 2.05) is 42.2 Å². The number of imidazole rings is 1. The van der Waals surface area contributed by atoms with Crippen LogP contribution in [0.3, 0.4) is 0 Å². The van der Waals surface area contributed by atoms with Crippen molar-refractivity contribution in [1.82, 2.24) is 14.5 Å². The van der Waals surface area contributed by atoms with Crippen molar-refractivity contribution in [2.45, 2.75) is 12.6 Å². The third-order valence-corrected chi connectivity index (χ3v) is 4.05. The molecule has 0 radical (unpaired) electrons. The van der Waals surface area contributed by atoms with Gasteiger partial charge in [0.05, 0.1) is 6.54 Å². The molecular formula is C14H19BrN4. The van der Waals surface area contributed by atoms with Crippen LogP contribution in [-0.2, 0) is 13.6 Å². The molecule has 19 heavy (non-hydrogen) atoms. The van der Waals surface area contributed by atoms with Gasteiger partial charge in [-0.15, -0.1) is 0 Å². The van der Waals surface area contributed by atoms with Gasteiger partial charge < -0.3 is 10.3 Å².